The van der Waals surface area contributed by atoms with Gasteiger partial charge in [-0.15, -0.1) is 0 Å². The Morgan fingerprint density at radius 1 is 1.19 bits per heavy atom. The van der Waals surface area contributed by atoms with Gasteiger partial charge in [0.05, 0.1) is 23.4 Å². The van der Waals surface area contributed by atoms with Crippen LogP contribution < -0.4 is 5.73 Å². The zero-order valence-corrected chi connectivity index (χ0v) is 14.0. The maximum absolute atomic E-state index is 13.9. The molecular formula is C19H15F2N5. The fraction of sp³-hybridized carbons (Fsp3) is 0.316. The number of benzene rings is 1. The molecule has 1 heterocycles. The molecule has 3 rings (SSSR count). The summed E-state index contributed by atoms with van der Waals surface area (Å²) in [4.78, 5) is 1.97. The van der Waals surface area contributed by atoms with Gasteiger partial charge in [-0.1, -0.05) is 12.1 Å². The molecule has 2 atom stereocenters. The Kier molecular flexibility index (Phi) is 4.24. The summed E-state index contributed by atoms with van der Waals surface area (Å²) in [6.07, 6.45) is 1.84. The number of hydrogen-bond acceptors (Lipinski definition) is 5. The minimum Gasteiger partial charge on any atom is -0.399 e. The smallest absolute Gasteiger partial charge is 0.191 e. The van der Waals surface area contributed by atoms with E-state index in [1.165, 1.54) is 6.07 Å². The van der Waals surface area contributed by atoms with Gasteiger partial charge in [-0.05, 0) is 30.3 Å². The van der Waals surface area contributed by atoms with Crippen molar-refractivity contribution in [3.8, 4) is 18.2 Å². The third-order valence-corrected chi connectivity index (χ3v) is 5.15. The monoisotopic (exact) mass is 351 g/mol. The molecule has 2 aliphatic rings. The molecule has 7 heteroatoms. The number of allylic oxidation sites excluding steroid dienone is 2. The third kappa shape index (κ3) is 2.36. The molecule has 2 N–H and O–H groups in total. The average Bonchev–Trinajstić information content (AvgIpc) is 2.63. The quantitative estimate of drug-likeness (QED) is 0.837. The van der Waals surface area contributed by atoms with Crippen LogP contribution in [0.3, 0.4) is 0 Å². The number of nitrogens with zero attached hydrogens (tertiary/aromatic N) is 4. The maximum Gasteiger partial charge on any atom is 0.191 e. The first-order valence-electron chi connectivity index (χ1n) is 7.96. The van der Waals surface area contributed by atoms with E-state index in [2.05, 4.69) is 0 Å². The van der Waals surface area contributed by atoms with Crippen molar-refractivity contribution in [2.24, 2.45) is 17.1 Å². The first-order valence-corrected chi connectivity index (χ1v) is 7.96. The third-order valence-electron chi connectivity index (χ3n) is 5.15. The van der Waals surface area contributed by atoms with Crippen molar-refractivity contribution in [3.63, 3.8) is 0 Å². The molecule has 0 aromatic heterocycles. The highest BCUT2D eigenvalue weighted by Crippen LogP contribution is 2.54. The van der Waals surface area contributed by atoms with E-state index < -0.39 is 28.9 Å². The summed E-state index contributed by atoms with van der Waals surface area (Å²) in [5.41, 5.74) is 5.23. The minimum atomic E-state index is -1.84. The van der Waals surface area contributed by atoms with Gasteiger partial charge in [-0.2, -0.15) is 15.8 Å². The second-order valence-electron chi connectivity index (χ2n) is 6.57. The van der Waals surface area contributed by atoms with E-state index in [1.54, 1.807) is 0 Å². The number of halogens is 2. The largest absolute Gasteiger partial charge is 0.399 e. The molecule has 26 heavy (non-hydrogen) atoms. The van der Waals surface area contributed by atoms with Crippen molar-refractivity contribution in [1.29, 1.82) is 15.8 Å². The first kappa shape index (κ1) is 17.6. The number of nitrogens with two attached hydrogens (primary N) is 1. The Balaban J connectivity index is 2.34. The molecule has 0 bridgehead atoms. The number of hydrogen-bond donors (Lipinski definition) is 1. The van der Waals surface area contributed by atoms with Crippen LogP contribution in [0.5, 0.6) is 0 Å². The van der Waals surface area contributed by atoms with Gasteiger partial charge in [0.15, 0.2) is 17.0 Å². The van der Waals surface area contributed by atoms with Gasteiger partial charge in [-0.3, -0.25) is 0 Å². The Hall–Kier alpha value is -3.21. The molecule has 130 valence electrons. The van der Waals surface area contributed by atoms with Crippen LogP contribution in [0.2, 0.25) is 0 Å². The summed E-state index contributed by atoms with van der Waals surface area (Å²) < 4.78 is 27.3. The lowest BCUT2D eigenvalue weighted by atomic mass is 9.58. The molecule has 0 fully saturated rings. The summed E-state index contributed by atoms with van der Waals surface area (Å²) >= 11 is 0. The van der Waals surface area contributed by atoms with Crippen LogP contribution in [-0.2, 0) is 0 Å². The van der Waals surface area contributed by atoms with Gasteiger partial charge in [0.25, 0.3) is 0 Å². The van der Waals surface area contributed by atoms with Gasteiger partial charge in [0, 0.05) is 24.9 Å². The summed E-state index contributed by atoms with van der Waals surface area (Å²) in [7, 11) is 1.86. The van der Waals surface area contributed by atoms with Gasteiger partial charge >= 0.3 is 0 Å². The summed E-state index contributed by atoms with van der Waals surface area (Å²) in [5.74, 6) is -3.31. The van der Waals surface area contributed by atoms with Crippen LogP contribution in [-0.4, -0.2) is 25.0 Å². The molecule has 1 aliphatic heterocycles. The van der Waals surface area contributed by atoms with Gasteiger partial charge in [0.1, 0.15) is 6.07 Å². The highest BCUT2D eigenvalue weighted by atomic mass is 19.2. The van der Waals surface area contributed by atoms with E-state index >= 15 is 0 Å². The zero-order chi connectivity index (χ0) is 19.1. The van der Waals surface area contributed by atoms with Crippen molar-refractivity contribution < 1.29 is 8.78 Å². The van der Waals surface area contributed by atoms with Crippen LogP contribution in [0.25, 0.3) is 0 Å². The highest BCUT2D eigenvalue weighted by Gasteiger charge is 2.54. The number of rotatable bonds is 1. The van der Waals surface area contributed by atoms with Gasteiger partial charge in [-0.25, -0.2) is 8.78 Å². The predicted molar refractivity (Wildman–Crippen MR) is 88.7 cm³/mol. The first-order chi connectivity index (χ1) is 12.4. The van der Waals surface area contributed by atoms with Crippen molar-refractivity contribution in [3.05, 3.63) is 58.3 Å². The standard InChI is InChI=1S/C19H15F2N5/c1-26-5-4-12-13(7-22)18(25)19(9-23,10-24)17(14(12)8-26)11-2-3-15(20)16(21)6-11/h2-4,6,14,17H,5,8,25H2,1H3/t14-,17-/m1/s1. The molecular weight excluding hydrogens is 336 g/mol. The molecule has 0 radical (unpaired) electrons. The van der Waals surface area contributed by atoms with E-state index in [-0.39, 0.29) is 11.3 Å². The van der Waals surface area contributed by atoms with Gasteiger partial charge < -0.3 is 10.6 Å². The van der Waals surface area contributed by atoms with Crippen molar-refractivity contribution >= 4 is 0 Å². The van der Waals surface area contributed by atoms with Crippen LogP contribution in [0.1, 0.15) is 11.5 Å². The Bertz CT molecular complexity index is 944. The molecule has 0 unspecified atom stereocenters. The lowest BCUT2D eigenvalue weighted by molar-refractivity contribution is 0.237. The molecule has 0 spiro atoms. The van der Waals surface area contributed by atoms with Crippen LogP contribution in [0.15, 0.2) is 41.1 Å². The zero-order valence-electron chi connectivity index (χ0n) is 14.0. The minimum absolute atomic E-state index is 0.130. The average molecular weight is 351 g/mol. The van der Waals surface area contributed by atoms with Crippen LogP contribution in [0.4, 0.5) is 8.78 Å². The molecule has 0 saturated carbocycles. The van der Waals surface area contributed by atoms with Crippen LogP contribution >= 0.6 is 0 Å². The van der Waals surface area contributed by atoms with Crippen molar-refractivity contribution in [1.82, 2.24) is 4.90 Å². The van der Waals surface area contributed by atoms with E-state index in [0.717, 1.165) is 12.1 Å². The molecule has 0 amide bonds. The second kappa shape index (κ2) is 6.26. The Labute approximate surface area is 149 Å². The Morgan fingerprint density at radius 3 is 2.46 bits per heavy atom. The number of nitriles is 3. The fourth-order valence-corrected chi connectivity index (χ4v) is 3.91. The van der Waals surface area contributed by atoms with Gasteiger partial charge in [0.2, 0.25) is 0 Å². The predicted octanol–water partition coefficient (Wildman–Crippen LogP) is 2.32. The lowest BCUT2D eigenvalue weighted by Gasteiger charge is -2.45. The van der Waals surface area contributed by atoms with Crippen molar-refractivity contribution in [2.45, 2.75) is 5.92 Å². The summed E-state index contributed by atoms with van der Waals surface area (Å²) in [5, 5.41) is 29.2. The summed E-state index contributed by atoms with van der Waals surface area (Å²) in [6.45, 7) is 1.04. The maximum atomic E-state index is 13.9. The van der Waals surface area contributed by atoms with E-state index in [1.807, 2.05) is 36.2 Å². The summed E-state index contributed by atoms with van der Waals surface area (Å²) in [6, 6.07) is 9.26. The SMILES string of the molecule is CN1CC=C2C(C#N)=C(N)C(C#N)(C#N)[C@H](c3ccc(F)c(F)c3)[C@@H]2C1. The van der Waals surface area contributed by atoms with Crippen molar-refractivity contribution in [2.75, 3.05) is 20.1 Å². The fourth-order valence-electron chi connectivity index (χ4n) is 3.91. The van der Waals surface area contributed by atoms with E-state index in [4.69, 9.17) is 5.73 Å². The number of likely N-dealkylation sites (N-methyl/N-ethyl adjacent to an activating group) is 1. The number of fused-ring (bicyclic) bond motifs is 1. The molecule has 0 saturated heterocycles. The molecule has 1 aromatic rings. The van der Waals surface area contributed by atoms with E-state index in [9.17, 15) is 24.6 Å². The van der Waals surface area contributed by atoms with Crippen LogP contribution in [0, 0.1) is 57.0 Å². The molecule has 1 aromatic carbocycles. The topological polar surface area (TPSA) is 101 Å². The normalized spacial score (nSPS) is 24.7. The van der Waals surface area contributed by atoms with E-state index in [0.29, 0.717) is 24.2 Å². The lowest BCUT2D eigenvalue weighted by Crippen LogP contribution is -2.47. The molecule has 1 aliphatic carbocycles. The highest BCUT2D eigenvalue weighted by molar-refractivity contribution is 5.59. The Morgan fingerprint density at radius 2 is 1.88 bits per heavy atom. The second-order valence-corrected chi connectivity index (χ2v) is 6.57. The molecule has 5 nitrogen and oxygen atoms in total.